The summed E-state index contributed by atoms with van der Waals surface area (Å²) in [6.07, 6.45) is -2.27. The molecule has 0 saturated heterocycles. The highest BCUT2D eigenvalue weighted by Crippen LogP contribution is 2.37. The van der Waals surface area contributed by atoms with Crippen molar-refractivity contribution in [2.24, 2.45) is 0 Å². The molecule has 10 heteroatoms. The first-order chi connectivity index (χ1) is 21.9. The van der Waals surface area contributed by atoms with Gasteiger partial charge in [-0.15, -0.1) is 0 Å². The van der Waals surface area contributed by atoms with Crippen molar-refractivity contribution in [1.29, 1.82) is 0 Å². The Kier molecular flexibility index (Phi) is 13.9. The Morgan fingerprint density at radius 3 is 1.42 bits per heavy atom. The van der Waals surface area contributed by atoms with Crippen molar-refractivity contribution in [1.82, 2.24) is 5.06 Å². The lowest BCUT2D eigenvalue weighted by Crippen LogP contribution is -2.48. The minimum Gasteiger partial charge on any atom is -0.371 e. The summed E-state index contributed by atoms with van der Waals surface area (Å²) in [7, 11) is -4.37. The minimum atomic E-state index is -4.37. The smallest absolute Gasteiger partial charge is 0.325 e. The first-order valence-corrected chi connectivity index (χ1v) is 16.6. The number of nitrogens with zero attached hydrogens (tertiary/aromatic N) is 1. The van der Waals surface area contributed by atoms with Gasteiger partial charge in [0.15, 0.2) is 0 Å². The zero-order valence-electron chi connectivity index (χ0n) is 25.0. The number of ether oxygens (including phenoxy) is 3. The number of carbonyl (C=O) groups is 1. The normalized spacial score (nSPS) is 13.6. The van der Waals surface area contributed by atoms with Gasteiger partial charge < -0.3 is 24.0 Å². The average Bonchev–Trinajstić information content (AvgIpc) is 3.07. The lowest BCUT2D eigenvalue weighted by atomic mass is 10.0. The molecular weight excluding hydrogens is 593 g/mol. The van der Waals surface area contributed by atoms with Gasteiger partial charge in [0.2, 0.25) is 6.41 Å². The Bertz CT molecular complexity index is 1420. The maximum atomic E-state index is 12.2. The van der Waals surface area contributed by atoms with Gasteiger partial charge in [-0.25, -0.2) is 5.06 Å². The first kappa shape index (κ1) is 34.2. The molecule has 4 rings (SSSR count). The number of benzene rings is 4. The maximum Gasteiger partial charge on any atom is 0.325 e. The van der Waals surface area contributed by atoms with Crippen molar-refractivity contribution < 1.29 is 38.2 Å². The summed E-state index contributed by atoms with van der Waals surface area (Å²) >= 11 is 0. The molecule has 0 aromatic heterocycles. The number of hydrogen-bond acceptors (Lipinski definition) is 6. The summed E-state index contributed by atoms with van der Waals surface area (Å²) < 4.78 is 31.3. The second-order valence-electron chi connectivity index (χ2n) is 10.6. The molecule has 0 radical (unpaired) electrons. The molecule has 4 aromatic rings. The van der Waals surface area contributed by atoms with Crippen molar-refractivity contribution in [3.8, 4) is 0 Å². The molecule has 0 aliphatic carbocycles. The third kappa shape index (κ3) is 12.7. The molecule has 0 aliphatic rings. The fourth-order valence-corrected chi connectivity index (χ4v) is 5.29. The molecule has 45 heavy (non-hydrogen) atoms. The van der Waals surface area contributed by atoms with E-state index >= 15 is 0 Å². The van der Waals surface area contributed by atoms with E-state index in [1.807, 2.05) is 121 Å². The summed E-state index contributed by atoms with van der Waals surface area (Å²) in [4.78, 5) is 37.7. The van der Waals surface area contributed by atoms with E-state index in [1.54, 1.807) is 0 Å². The summed E-state index contributed by atoms with van der Waals surface area (Å²) in [5, 5.41) is 1.17. The highest BCUT2D eigenvalue weighted by atomic mass is 31.2. The standard InChI is InChI=1S/C35H40NO8P/c37-28-36(44-27-32-19-11-4-12-20-32)23-34(42-25-30-15-7-2-8-16-30)35(43-26-31-17-9-3-10-18-31)33(21-22-45(38,39)40)41-24-29-13-5-1-6-14-29/h1-20,28,33-35H,21-27H2,(H2,38,39,40)/t33-,34-,35-/m1/s1. The SMILES string of the molecule is O=CN(C[C@@H](OCc1ccccc1)[C@H](OCc1ccccc1)[C@@H](CCP(=O)(O)O)OCc1ccccc1)OCc1ccccc1. The topological polar surface area (TPSA) is 115 Å². The third-order valence-corrected chi connectivity index (χ3v) is 7.89. The van der Waals surface area contributed by atoms with Crippen LogP contribution in [0.1, 0.15) is 28.7 Å². The second-order valence-corrected chi connectivity index (χ2v) is 12.3. The molecule has 4 aromatic carbocycles. The molecule has 0 unspecified atom stereocenters. The largest absolute Gasteiger partial charge is 0.371 e. The monoisotopic (exact) mass is 633 g/mol. The zero-order valence-corrected chi connectivity index (χ0v) is 25.9. The molecule has 0 spiro atoms. The van der Waals surface area contributed by atoms with Gasteiger partial charge >= 0.3 is 7.60 Å². The summed E-state index contributed by atoms with van der Waals surface area (Å²) in [5.74, 6) is 0. The van der Waals surface area contributed by atoms with E-state index in [9.17, 15) is 19.1 Å². The van der Waals surface area contributed by atoms with Crippen LogP contribution in [-0.4, -0.2) is 52.3 Å². The van der Waals surface area contributed by atoms with E-state index < -0.39 is 32.1 Å². The molecule has 0 heterocycles. The predicted octanol–water partition coefficient (Wildman–Crippen LogP) is 5.90. The summed E-state index contributed by atoms with van der Waals surface area (Å²) in [6.45, 7) is 0.706. The minimum absolute atomic E-state index is 0.00622. The lowest BCUT2D eigenvalue weighted by Gasteiger charge is -2.35. The van der Waals surface area contributed by atoms with Gasteiger partial charge in [0.05, 0.1) is 38.6 Å². The van der Waals surface area contributed by atoms with Crippen molar-refractivity contribution >= 4 is 14.0 Å². The number of carbonyl (C=O) groups excluding carboxylic acids is 1. The highest BCUT2D eigenvalue weighted by Gasteiger charge is 2.35. The molecule has 9 nitrogen and oxygen atoms in total. The van der Waals surface area contributed by atoms with Crippen LogP contribution < -0.4 is 0 Å². The van der Waals surface area contributed by atoms with Crippen LogP contribution in [0, 0.1) is 0 Å². The van der Waals surface area contributed by atoms with Crippen LogP contribution >= 0.6 is 7.60 Å². The molecule has 238 valence electrons. The number of rotatable bonds is 20. The summed E-state index contributed by atoms with van der Waals surface area (Å²) in [5.41, 5.74) is 3.58. The predicted molar refractivity (Wildman–Crippen MR) is 171 cm³/mol. The van der Waals surface area contributed by atoms with Crippen LogP contribution in [0.3, 0.4) is 0 Å². The fraction of sp³-hybridized carbons (Fsp3) is 0.286. The third-order valence-electron chi connectivity index (χ3n) is 7.05. The van der Waals surface area contributed by atoms with Crippen LogP contribution in [-0.2, 0) is 54.8 Å². The Labute approximate surface area is 264 Å². The second kappa shape index (κ2) is 18.3. The molecule has 0 bridgehead atoms. The van der Waals surface area contributed by atoms with Crippen LogP contribution in [0.5, 0.6) is 0 Å². The molecule has 0 aliphatic heterocycles. The van der Waals surface area contributed by atoms with Crippen LogP contribution in [0.2, 0.25) is 0 Å². The Morgan fingerprint density at radius 2 is 1.00 bits per heavy atom. The van der Waals surface area contributed by atoms with Crippen molar-refractivity contribution in [3.63, 3.8) is 0 Å². The van der Waals surface area contributed by atoms with Crippen molar-refractivity contribution in [2.75, 3.05) is 12.7 Å². The number of amides is 1. The van der Waals surface area contributed by atoms with Gasteiger partial charge in [-0.3, -0.25) is 14.2 Å². The van der Waals surface area contributed by atoms with Crippen LogP contribution in [0.15, 0.2) is 121 Å². The zero-order chi connectivity index (χ0) is 31.7. The molecule has 0 saturated carbocycles. The molecular formula is C35H40NO8P. The number of hydroxylamine groups is 2. The molecule has 0 fully saturated rings. The van der Waals surface area contributed by atoms with E-state index in [0.717, 1.165) is 22.3 Å². The molecule has 2 N–H and O–H groups in total. The van der Waals surface area contributed by atoms with Crippen LogP contribution in [0.25, 0.3) is 0 Å². The van der Waals surface area contributed by atoms with Gasteiger partial charge in [0, 0.05) is 0 Å². The highest BCUT2D eigenvalue weighted by molar-refractivity contribution is 7.51. The van der Waals surface area contributed by atoms with Gasteiger partial charge in [-0.2, -0.15) is 0 Å². The molecule has 1 amide bonds. The van der Waals surface area contributed by atoms with Gasteiger partial charge in [0.25, 0.3) is 0 Å². The van der Waals surface area contributed by atoms with Gasteiger partial charge in [0.1, 0.15) is 18.8 Å². The summed E-state index contributed by atoms with van der Waals surface area (Å²) in [6, 6.07) is 38.1. The Morgan fingerprint density at radius 1 is 0.600 bits per heavy atom. The number of hydrogen-bond donors (Lipinski definition) is 2. The van der Waals surface area contributed by atoms with Crippen LogP contribution in [0.4, 0.5) is 0 Å². The molecule has 3 atom stereocenters. The Hall–Kier alpha value is -3.66. The Balaban J connectivity index is 1.63. The average molecular weight is 634 g/mol. The van der Waals surface area contributed by atoms with E-state index in [2.05, 4.69) is 0 Å². The first-order valence-electron chi connectivity index (χ1n) is 14.8. The quantitative estimate of drug-likeness (QED) is 0.0703. The van der Waals surface area contributed by atoms with Gasteiger partial charge in [-0.1, -0.05) is 121 Å². The van der Waals surface area contributed by atoms with Crippen molar-refractivity contribution in [3.05, 3.63) is 144 Å². The van der Waals surface area contributed by atoms with Gasteiger partial charge in [-0.05, 0) is 28.7 Å². The lowest BCUT2D eigenvalue weighted by molar-refractivity contribution is -0.208. The van der Waals surface area contributed by atoms with E-state index in [-0.39, 0.29) is 39.4 Å². The van der Waals surface area contributed by atoms with Crippen molar-refractivity contribution in [2.45, 2.75) is 51.2 Å². The maximum absolute atomic E-state index is 12.2. The van der Waals surface area contributed by atoms with E-state index in [1.165, 1.54) is 5.06 Å². The van der Waals surface area contributed by atoms with E-state index in [4.69, 9.17) is 19.0 Å². The fourth-order valence-electron chi connectivity index (χ4n) is 4.70. The van der Waals surface area contributed by atoms with E-state index in [0.29, 0.717) is 6.41 Å².